The van der Waals surface area contributed by atoms with Crippen LogP contribution in [0.4, 0.5) is 0 Å². The Labute approximate surface area is 88.3 Å². The molecule has 3 N–H and O–H groups in total. The average Bonchev–Trinajstić information content (AvgIpc) is 2.18. The molecule has 0 fully saturated rings. The molecular weight excluding hydrogens is 194 g/mol. The van der Waals surface area contributed by atoms with Crippen molar-refractivity contribution in [3.63, 3.8) is 0 Å². The maximum atomic E-state index is 5.17. The second kappa shape index (κ2) is 5.88. The summed E-state index contributed by atoms with van der Waals surface area (Å²) in [6, 6.07) is 9.94. The lowest BCUT2D eigenvalue weighted by Gasteiger charge is -1.91. The highest BCUT2D eigenvalue weighted by atomic mass is 32.1. The van der Waals surface area contributed by atoms with Crippen LogP contribution >= 0.6 is 12.2 Å². The summed E-state index contributed by atoms with van der Waals surface area (Å²) in [6.07, 6.45) is 5.33. The first kappa shape index (κ1) is 10.4. The zero-order valence-electron chi connectivity index (χ0n) is 7.55. The minimum atomic E-state index is 0.161. The maximum Gasteiger partial charge on any atom is 0.184 e. The summed E-state index contributed by atoms with van der Waals surface area (Å²) in [5.74, 6) is 0. The van der Waals surface area contributed by atoms with Crippen LogP contribution in [-0.2, 0) is 0 Å². The molecule has 0 radical (unpaired) electrons. The number of hydrazone groups is 1. The van der Waals surface area contributed by atoms with E-state index < -0.39 is 0 Å². The van der Waals surface area contributed by atoms with Gasteiger partial charge in [0.25, 0.3) is 0 Å². The number of thiocarbonyl (C=S) groups is 1. The standard InChI is InChI=1S/C10H11N3S/c11-10(14)13-12-8-4-7-9-5-2-1-3-6-9/h1-8H,(H3,11,13,14)/b7-4?,12-8+. The molecule has 0 bridgehead atoms. The van der Waals surface area contributed by atoms with Gasteiger partial charge < -0.3 is 5.73 Å². The minimum Gasteiger partial charge on any atom is -0.375 e. The first-order valence-corrected chi connectivity index (χ1v) is 4.50. The van der Waals surface area contributed by atoms with E-state index in [1.807, 2.05) is 36.4 Å². The summed E-state index contributed by atoms with van der Waals surface area (Å²) in [5.41, 5.74) is 8.75. The van der Waals surface area contributed by atoms with Crippen LogP contribution in [0.2, 0.25) is 0 Å². The molecule has 1 aromatic carbocycles. The number of hydrogen-bond donors (Lipinski definition) is 2. The maximum absolute atomic E-state index is 5.17. The fraction of sp³-hybridized carbons (Fsp3) is 0. The quantitative estimate of drug-likeness (QED) is 0.447. The Morgan fingerprint density at radius 2 is 2.07 bits per heavy atom. The highest BCUT2D eigenvalue weighted by molar-refractivity contribution is 7.80. The smallest absolute Gasteiger partial charge is 0.184 e. The van der Waals surface area contributed by atoms with E-state index in [0.29, 0.717) is 0 Å². The molecule has 0 atom stereocenters. The Morgan fingerprint density at radius 1 is 1.36 bits per heavy atom. The van der Waals surface area contributed by atoms with Gasteiger partial charge in [-0.1, -0.05) is 36.4 Å². The predicted octanol–water partition coefficient (Wildman–Crippen LogP) is 1.52. The fourth-order valence-electron chi connectivity index (χ4n) is 0.862. The van der Waals surface area contributed by atoms with E-state index in [-0.39, 0.29) is 5.11 Å². The van der Waals surface area contributed by atoms with Gasteiger partial charge in [-0.05, 0) is 23.9 Å². The zero-order valence-corrected chi connectivity index (χ0v) is 8.37. The Hall–Kier alpha value is -1.68. The molecule has 0 aromatic heterocycles. The van der Waals surface area contributed by atoms with Crippen LogP contribution in [0.3, 0.4) is 0 Å². The van der Waals surface area contributed by atoms with Gasteiger partial charge in [0.2, 0.25) is 0 Å². The van der Waals surface area contributed by atoms with Gasteiger partial charge in [-0.2, -0.15) is 5.10 Å². The van der Waals surface area contributed by atoms with Crippen molar-refractivity contribution in [1.82, 2.24) is 5.43 Å². The molecule has 14 heavy (non-hydrogen) atoms. The third kappa shape index (κ3) is 4.37. The van der Waals surface area contributed by atoms with Crippen molar-refractivity contribution in [2.75, 3.05) is 0 Å². The van der Waals surface area contributed by atoms with E-state index >= 15 is 0 Å². The van der Waals surface area contributed by atoms with Crippen molar-refractivity contribution in [3.05, 3.63) is 42.0 Å². The molecule has 0 heterocycles. The van der Waals surface area contributed by atoms with Crippen molar-refractivity contribution in [1.29, 1.82) is 0 Å². The van der Waals surface area contributed by atoms with Gasteiger partial charge in [0, 0.05) is 6.21 Å². The number of nitrogens with two attached hydrogens (primary N) is 1. The molecule has 1 rings (SSSR count). The first-order chi connectivity index (χ1) is 6.79. The van der Waals surface area contributed by atoms with Crippen molar-refractivity contribution in [2.45, 2.75) is 0 Å². The highest BCUT2D eigenvalue weighted by Gasteiger charge is 1.80. The van der Waals surface area contributed by atoms with Gasteiger partial charge >= 0.3 is 0 Å². The topological polar surface area (TPSA) is 50.4 Å². The van der Waals surface area contributed by atoms with Gasteiger partial charge in [-0.15, -0.1) is 0 Å². The van der Waals surface area contributed by atoms with E-state index in [2.05, 4.69) is 22.7 Å². The summed E-state index contributed by atoms with van der Waals surface area (Å²) >= 11 is 4.57. The van der Waals surface area contributed by atoms with E-state index in [9.17, 15) is 0 Å². The number of allylic oxidation sites excluding steroid dienone is 1. The number of nitrogens with zero attached hydrogens (tertiary/aromatic N) is 1. The largest absolute Gasteiger partial charge is 0.375 e. The van der Waals surface area contributed by atoms with Crippen LogP contribution in [0.5, 0.6) is 0 Å². The lowest BCUT2D eigenvalue weighted by molar-refractivity contribution is 1.04. The minimum absolute atomic E-state index is 0.161. The number of benzene rings is 1. The predicted molar refractivity (Wildman–Crippen MR) is 63.9 cm³/mol. The van der Waals surface area contributed by atoms with Gasteiger partial charge in [-0.3, -0.25) is 5.43 Å². The molecule has 0 aliphatic carbocycles. The number of hydrogen-bond acceptors (Lipinski definition) is 2. The lowest BCUT2D eigenvalue weighted by atomic mass is 10.2. The monoisotopic (exact) mass is 205 g/mol. The number of rotatable bonds is 3. The highest BCUT2D eigenvalue weighted by Crippen LogP contribution is 1.99. The van der Waals surface area contributed by atoms with Crippen LogP contribution in [0.1, 0.15) is 5.56 Å². The normalized spacial score (nSPS) is 10.9. The summed E-state index contributed by atoms with van der Waals surface area (Å²) in [6.45, 7) is 0. The van der Waals surface area contributed by atoms with E-state index in [4.69, 9.17) is 5.73 Å². The molecule has 0 unspecified atom stereocenters. The Bertz CT molecular complexity index is 344. The molecular formula is C10H11N3S. The van der Waals surface area contributed by atoms with Crippen LogP contribution in [0.15, 0.2) is 41.5 Å². The molecule has 4 heteroatoms. The van der Waals surface area contributed by atoms with Crippen LogP contribution in [0, 0.1) is 0 Å². The second-order valence-electron chi connectivity index (χ2n) is 2.52. The fourth-order valence-corrected chi connectivity index (χ4v) is 0.915. The Kier molecular flexibility index (Phi) is 4.37. The second-order valence-corrected chi connectivity index (χ2v) is 2.96. The molecule has 72 valence electrons. The van der Waals surface area contributed by atoms with Gasteiger partial charge in [-0.25, -0.2) is 0 Å². The molecule has 0 amide bonds. The average molecular weight is 205 g/mol. The van der Waals surface area contributed by atoms with Crippen molar-refractivity contribution >= 4 is 29.6 Å². The molecule has 0 spiro atoms. The van der Waals surface area contributed by atoms with Gasteiger partial charge in [0.15, 0.2) is 5.11 Å². The van der Waals surface area contributed by atoms with Crippen LogP contribution in [-0.4, -0.2) is 11.3 Å². The Morgan fingerprint density at radius 3 is 2.71 bits per heavy atom. The summed E-state index contributed by atoms with van der Waals surface area (Å²) in [4.78, 5) is 0. The van der Waals surface area contributed by atoms with Crippen molar-refractivity contribution in [3.8, 4) is 0 Å². The summed E-state index contributed by atoms with van der Waals surface area (Å²) in [7, 11) is 0. The molecule has 1 aromatic rings. The summed E-state index contributed by atoms with van der Waals surface area (Å²) < 4.78 is 0. The van der Waals surface area contributed by atoms with E-state index in [1.165, 1.54) is 0 Å². The molecule has 0 aliphatic heterocycles. The molecule has 0 saturated heterocycles. The third-order valence-electron chi connectivity index (χ3n) is 1.42. The SMILES string of the molecule is NC(=S)N/N=C/C=Cc1ccccc1. The van der Waals surface area contributed by atoms with Crippen molar-refractivity contribution in [2.24, 2.45) is 10.8 Å². The van der Waals surface area contributed by atoms with Crippen molar-refractivity contribution < 1.29 is 0 Å². The Balaban J connectivity index is 2.42. The number of nitrogens with one attached hydrogen (secondary N) is 1. The van der Waals surface area contributed by atoms with Crippen LogP contribution in [0.25, 0.3) is 6.08 Å². The van der Waals surface area contributed by atoms with Crippen LogP contribution < -0.4 is 11.2 Å². The lowest BCUT2D eigenvalue weighted by Crippen LogP contribution is -2.23. The molecule has 0 saturated carbocycles. The zero-order chi connectivity index (χ0) is 10.2. The van der Waals surface area contributed by atoms with E-state index in [0.717, 1.165) is 5.56 Å². The first-order valence-electron chi connectivity index (χ1n) is 4.09. The third-order valence-corrected chi connectivity index (χ3v) is 1.51. The van der Waals surface area contributed by atoms with Gasteiger partial charge in [0.05, 0.1) is 0 Å². The van der Waals surface area contributed by atoms with E-state index in [1.54, 1.807) is 12.3 Å². The molecule has 3 nitrogen and oxygen atoms in total. The molecule has 0 aliphatic rings. The van der Waals surface area contributed by atoms with Gasteiger partial charge in [0.1, 0.15) is 0 Å². The summed E-state index contributed by atoms with van der Waals surface area (Å²) in [5, 5.41) is 3.92.